The summed E-state index contributed by atoms with van der Waals surface area (Å²) in [7, 11) is 0. The summed E-state index contributed by atoms with van der Waals surface area (Å²) >= 11 is 0. The van der Waals surface area contributed by atoms with Crippen molar-refractivity contribution in [2.45, 2.75) is 13.5 Å². The Kier molecular flexibility index (Phi) is 2.78. The van der Waals surface area contributed by atoms with E-state index in [2.05, 4.69) is 25.3 Å². The van der Waals surface area contributed by atoms with Crippen LogP contribution in [-0.4, -0.2) is 26.5 Å². The molecule has 84 valence electrons. The van der Waals surface area contributed by atoms with Gasteiger partial charge in [-0.05, 0) is 6.54 Å². The average Bonchev–Trinajstić information content (AvgIpc) is 2.26. The molecular weight excluding hydrogens is 208 g/mol. The number of aromatic nitrogens is 4. The van der Waals surface area contributed by atoms with Gasteiger partial charge in [-0.15, -0.1) is 0 Å². The monoisotopic (exact) mass is 220 g/mol. The molecule has 2 aromatic heterocycles. The quantitative estimate of drug-likeness (QED) is 0.637. The summed E-state index contributed by atoms with van der Waals surface area (Å²) in [5, 5.41) is 3.10. The number of anilines is 1. The predicted molar refractivity (Wildman–Crippen MR) is 59.7 cm³/mol. The largest absolute Gasteiger partial charge is 0.369 e. The predicted octanol–water partition coefficient (Wildman–Crippen LogP) is -0.595. The van der Waals surface area contributed by atoms with Gasteiger partial charge in [0.05, 0.1) is 11.9 Å². The molecule has 0 amide bonds. The van der Waals surface area contributed by atoms with E-state index in [1.165, 1.54) is 0 Å². The zero-order valence-electron chi connectivity index (χ0n) is 8.82. The Hall–Kier alpha value is -2.02. The van der Waals surface area contributed by atoms with Crippen LogP contribution in [0.4, 0.5) is 5.95 Å². The first-order chi connectivity index (χ1) is 7.70. The fraction of sp³-hybridized carbons (Fsp3) is 0.333. The second-order valence-electron chi connectivity index (χ2n) is 3.27. The Morgan fingerprint density at radius 3 is 3.06 bits per heavy atom. The van der Waals surface area contributed by atoms with Crippen LogP contribution >= 0.6 is 0 Å². The fourth-order valence-corrected chi connectivity index (χ4v) is 1.31. The van der Waals surface area contributed by atoms with Crippen molar-refractivity contribution in [3.8, 4) is 0 Å². The number of nitrogens with one attached hydrogen (secondary N) is 2. The third-order valence-electron chi connectivity index (χ3n) is 2.04. The standard InChI is InChI=1S/C9H12N6O/c1-2-11-3-5-4-12-7-6(13-5)8(16)15-9(10)14-7/h4,11H,2-3H2,1H3,(H3,10,12,14,15,16). The summed E-state index contributed by atoms with van der Waals surface area (Å²) in [5.41, 5.74) is 6.21. The molecule has 0 unspecified atom stereocenters. The van der Waals surface area contributed by atoms with E-state index in [9.17, 15) is 4.79 Å². The van der Waals surface area contributed by atoms with E-state index in [4.69, 9.17) is 5.73 Å². The van der Waals surface area contributed by atoms with E-state index < -0.39 is 0 Å². The average molecular weight is 220 g/mol. The summed E-state index contributed by atoms with van der Waals surface area (Å²) < 4.78 is 0. The van der Waals surface area contributed by atoms with Crippen LogP contribution < -0.4 is 16.6 Å². The van der Waals surface area contributed by atoms with Crippen LogP contribution in [-0.2, 0) is 6.54 Å². The maximum Gasteiger partial charge on any atom is 0.280 e. The lowest BCUT2D eigenvalue weighted by atomic mass is 10.4. The molecule has 0 bridgehead atoms. The number of aromatic amines is 1. The molecule has 0 atom stereocenters. The number of H-pyrrole nitrogens is 1. The van der Waals surface area contributed by atoms with Gasteiger partial charge in [-0.1, -0.05) is 6.92 Å². The van der Waals surface area contributed by atoms with Gasteiger partial charge in [0, 0.05) is 6.54 Å². The maximum atomic E-state index is 11.5. The van der Waals surface area contributed by atoms with E-state index >= 15 is 0 Å². The fourth-order valence-electron chi connectivity index (χ4n) is 1.31. The Morgan fingerprint density at radius 2 is 2.31 bits per heavy atom. The minimum absolute atomic E-state index is 0.0474. The highest BCUT2D eigenvalue weighted by Crippen LogP contribution is 2.02. The molecule has 0 aromatic carbocycles. The van der Waals surface area contributed by atoms with Gasteiger partial charge >= 0.3 is 0 Å². The van der Waals surface area contributed by atoms with E-state index in [1.807, 2.05) is 6.92 Å². The summed E-state index contributed by atoms with van der Waals surface area (Å²) in [6.45, 7) is 3.39. The molecule has 0 aliphatic carbocycles. The highest BCUT2D eigenvalue weighted by molar-refractivity contribution is 5.69. The second kappa shape index (κ2) is 4.23. The van der Waals surface area contributed by atoms with E-state index in [1.54, 1.807) is 6.20 Å². The van der Waals surface area contributed by atoms with Crippen molar-refractivity contribution in [1.82, 2.24) is 25.3 Å². The Balaban J connectivity index is 2.49. The van der Waals surface area contributed by atoms with Crippen LogP contribution in [0.25, 0.3) is 11.2 Å². The van der Waals surface area contributed by atoms with Gasteiger partial charge in [-0.3, -0.25) is 9.78 Å². The first-order valence-electron chi connectivity index (χ1n) is 4.93. The lowest BCUT2D eigenvalue weighted by Gasteiger charge is -2.02. The smallest absolute Gasteiger partial charge is 0.280 e. The van der Waals surface area contributed by atoms with E-state index in [-0.39, 0.29) is 22.7 Å². The number of rotatable bonds is 3. The Labute approximate surface area is 91.1 Å². The van der Waals surface area contributed by atoms with Gasteiger partial charge in [0.1, 0.15) is 0 Å². The van der Waals surface area contributed by atoms with Crippen molar-refractivity contribution in [2.24, 2.45) is 0 Å². The molecule has 2 rings (SSSR count). The number of fused-ring (bicyclic) bond motifs is 1. The Bertz CT molecular complexity index is 563. The van der Waals surface area contributed by atoms with Crippen LogP contribution in [0.3, 0.4) is 0 Å². The first-order valence-corrected chi connectivity index (χ1v) is 4.93. The first kappa shape index (κ1) is 10.5. The third kappa shape index (κ3) is 1.98. The van der Waals surface area contributed by atoms with E-state index in [0.717, 1.165) is 6.54 Å². The van der Waals surface area contributed by atoms with Crippen molar-refractivity contribution in [1.29, 1.82) is 0 Å². The van der Waals surface area contributed by atoms with Crippen molar-refractivity contribution < 1.29 is 0 Å². The molecule has 0 saturated carbocycles. The van der Waals surface area contributed by atoms with Gasteiger partial charge in [0.25, 0.3) is 5.56 Å². The molecule has 0 aliphatic heterocycles. The summed E-state index contributed by atoms with van der Waals surface area (Å²) in [4.78, 5) is 26.0. The number of hydrogen-bond donors (Lipinski definition) is 3. The molecule has 0 spiro atoms. The molecule has 4 N–H and O–H groups in total. The zero-order chi connectivity index (χ0) is 11.5. The van der Waals surface area contributed by atoms with Crippen LogP contribution in [0.15, 0.2) is 11.0 Å². The van der Waals surface area contributed by atoms with Crippen molar-refractivity contribution in [3.63, 3.8) is 0 Å². The molecular formula is C9H12N6O. The molecule has 0 aliphatic rings. The van der Waals surface area contributed by atoms with Gasteiger partial charge < -0.3 is 11.1 Å². The third-order valence-corrected chi connectivity index (χ3v) is 2.04. The van der Waals surface area contributed by atoms with Gasteiger partial charge in [0.2, 0.25) is 5.95 Å². The normalized spacial score (nSPS) is 10.8. The highest BCUT2D eigenvalue weighted by Gasteiger charge is 2.05. The topological polar surface area (TPSA) is 110 Å². The van der Waals surface area contributed by atoms with E-state index in [0.29, 0.717) is 12.2 Å². The van der Waals surface area contributed by atoms with Crippen molar-refractivity contribution in [2.75, 3.05) is 12.3 Å². The number of nitrogens with zero attached hydrogens (tertiary/aromatic N) is 3. The molecule has 7 nitrogen and oxygen atoms in total. The highest BCUT2D eigenvalue weighted by atomic mass is 16.1. The second-order valence-corrected chi connectivity index (χ2v) is 3.27. The molecule has 7 heteroatoms. The molecule has 0 saturated heterocycles. The SMILES string of the molecule is CCNCc1cnc2nc(N)[nH]c(=O)c2n1. The minimum atomic E-state index is -0.367. The molecule has 2 heterocycles. The molecule has 0 radical (unpaired) electrons. The summed E-state index contributed by atoms with van der Waals surface area (Å²) in [6, 6.07) is 0. The maximum absolute atomic E-state index is 11.5. The van der Waals surface area contributed by atoms with Gasteiger partial charge in [0.15, 0.2) is 11.2 Å². The zero-order valence-corrected chi connectivity index (χ0v) is 8.82. The molecule has 0 fully saturated rings. The van der Waals surface area contributed by atoms with Crippen LogP contribution in [0.5, 0.6) is 0 Å². The minimum Gasteiger partial charge on any atom is -0.369 e. The summed E-state index contributed by atoms with van der Waals surface area (Å²) in [6.07, 6.45) is 1.58. The number of nitrogen functional groups attached to an aromatic ring is 1. The van der Waals surface area contributed by atoms with Gasteiger partial charge in [-0.2, -0.15) is 4.98 Å². The van der Waals surface area contributed by atoms with Crippen LogP contribution in [0.2, 0.25) is 0 Å². The van der Waals surface area contributed by atoms with Crippen molar-refractivity contribution in [3.05, 3.63) is 22.2 Å². The van der Waals surface area contributed by atoms with Crippen molar-refractivity contribution >= 4 is 17.1 Å². The van der Waals surface area contributed by atoms with Crippen LogP contribution in [0, 0.1) is 0 Å². The summed E-state index contributed by atoms with van der Waals surface area (Å²) in [5.74, 6) is 0.0474. The number of hydrogen-bond acceptors (Lipinski definition) is 6. The lowest BCUT2D eigenvalue weighted by molar-refractivity contribution is 0.710. The van der Waals surface area contributed by atoms with Crippen LogP contribution in [0.1, 0.15) is 12.6 Å². The lowest BCUT2D eigenvalue weighted by Crippen LogP contribution is -2.17. The molecule has 2 aromatic rings. The molecule has 16 heavy (non-hydrogen) atoms. The Morgan fingerprint density at radius 1 is 1.50 bits per heavy atom. The van der Waals surface area contributed by atoms with Gasteiger partial charge in [-0.25, -0.2) is 9.97 Å². The number of nitrogens with two attached hydrogens (primary N) is 1.